The molecule has 8 nitrogen and oxygen atoms in total. The van der Waals surface area contributed by atoms with Crippen molar-refractivity contribution >= 4 is 5.91 Å². The molecule has 0 radical (unpaired) electrons. The van der Waals surface area contributed by atoms with Crippen LogP contribution < -0.4 is 0 Å². The number of aromatic nitrogens is 5. The van der Waals surface area contributed by atoms with Gasteiger partial charge in [-0.05, 0) is 31.9 Å². The van der Waals surface area contributed by atoms with Gasteiger partial charge >= 0.3 is 0 Å². The van der Waals surface area contributed by atoms with Crippen molar-refractivity contribution in [3.63, 3.8) is 0 Å². The van der Waals surface area contributed by atoms with E-state index in [1.807, 2.05) is 30.0 Å². The fourth-order valence-electron chi connectivity index (χ4n) is 3.07. The van der Waals surface area contributed by atoms with Crippen molar-refractivity contribution in [1.82, 2.24) is 30.2 Å². The zero-order chi connectivity index (χ0) is 17.2. The molecule has 0 spiro atoms. The molecule has 0 bridgehead atoms. The Morgan fingerprint density at radius 1 is 1.32 bits per heavy atom. The number of hydrogen-bond acceptors (Lipinski definition) is 6. The van der Waals surface area contributed by atoms with Gasteiger partial charge in [-0.2, -0.15) is 10.1 Å². The number of hydrogen-bond donors (Lipinski definition) is 1. The summed E-state index contributed by atoms with van der Waals surface area (Å²) in [4.78, 5) is 23.1. The summed E-state index contributed by atoms with van der Waals surface area (Å²) in [5.74, 6) is 1.30. The molecule has 1 fully saturated rings. The molecule has 1 N–H and O–H groups in total. The number of nitrogens with one attached hydrogen (secondary N) is 1. The number of amides is 1. The minimum absolute atomic E-state index is 0.0180. The topological polar surface area (TPSA) is 101 Å². The summed E-state index contributed by atoms with van der Waals surface area (Å²) in [5, 5.41) is 10.8. The number of likely N-dealkylation sites (tertiary alicyclic amines) is 1. The highest BCUT2D eigenvalue weighted by molar-refractivity contribution is 5.95. The van der Waals surface area contributed by atoms with Crippen LogP contribution in [0.2, 0.25) is 0 Å². The number of nitrogens with zero attached hydrogens (tertiary/aromatic N) is 5. The molecule has 1 amide bonds. The molecule has 0 aliphatic carbocycles. The third-order valence-corrected chi connectivity index (χ3v) is 4.53. The molecular formula is C17H18N6O2. The van der Waals surface area contributed by atoms with Gasteiger partial charge in [0.15, 0.2) is 0 Å². The molecule has 3 aromatic rings. The van der Waals surface area contributed by atoms with Crippen LogP contribution >= 0.6 is 0 Å². The molecule has 4 heterocycles. The third kappa shape index (κ3) is 3.02. The smallest absolute Gasteiger partial charge is 0.257 e. The second-order valence-corrected chi connectivity index (χ2v) is 6.15. The van der Waals surface area contributed by atoms with Crippen molar-refractivity contribution in [2.75, 3.05) is 13.1 Å². The Kier molecular flexibility index (Phi) is 4.01. The van der Waals surface area contributed by atoms with E-state index < -0.39 is 0 Å². The van der Waals surface area contributed by atoms with E-state index >= 15 is 0 Å². The summed E-state index contributed by atoms with van der Waals surface area (Å²) < 4.78 is 5.43. The molecule has 0 atom stereocenters. The summed E-state index contributed by atoms with van der Waals surface area (Å²) >= 11 is 0. The number of pyridine rings is 1. The lowest BCUT2D eigenvalue weighted by Gasteiger charge is -2.30. The molecule has 4 rings (SSSR count). The Morgan fingerprint density at radius 3 is 2.84 bits per heavy atom. The number of H-pyrrole nitrogens is 1. The molecule has 0 aromatic carbocycles. The predicted molar refractivity (Wildman–Crippen MR) is 88.7 cm³/mol. The molecule has 25 heavy (non-hydrogen) atoms. The lowest BCUT2D eigenvalue weighted by Crippen LogP contribution is -2.38. The van der Waals surface area contributed by atoms with E-state index in [0.29, 0.717) is 36.1 Å². The highest BCUT2D eigenvalue weighted by Crippen LogP contribution is 2.28. The van der Waals surface area contributed by atoms with E-state index in [1.54, 1.807) is 12.4 Å². The monoisotopic (exact) mass is 338 g/mol. The fourth-order valence-corrected chi connectivity index (χ4v) is 3.07. The first-order valence-corrected chi connectivity index (χ1v) is 8.26. The van der Waals surface area contributed by atoms with E-state index in [1.165, 1.54) is 0 Å². The highest BCUT2D eigenvalue weighted by atomic mass is 16.5. The van der Waals surface area contributed by atoms with Crippen LogP contribution in [0.4, 0.5) is 0 Å². The van der Waals surface area contributed by atoms with Gasteiger partial charge in [-0.3, -0.25) is 14.9 Å². The van der Waals surface area contributed by atoms with Crippen molar-refractivity contribution in [1.29, 1.82) is 0 Å². The number of carbonyl (C=O) groups excluding carboxylic acids is 1. The van der Waals surface area contributed by atoms with Crippen LogP contribution in [0.1, 0.15) is 40.7 Å². The van der Waals surface area contributed by atoms with Crippen LogP contribution in [0.25, 0.3) is 11.5 Å². The van der Waals surface area contributed by atoms with E-state index in [9.17, 15) is 4.79 Å². The highest BCUT2D eigenvalue weighted by Gasteiger charge is 2.29. The maximum Gasteiger partial charge on any atom is 0.257 e. The first-order valence-electron chi connectivity index (χ1n) is 8.26. The molecule has 1 aliphatic heterocycles. The van der Waals surface area contributed by atoms with Crippen LogP contribution in [-0.2, 0) is 0 Å². The van der Waals surface area contributed by atoms with Crippen LogP contribution in [0.15, 0.2) is 35.1 Å². The average Bonchev–Trinajstić information content (AvgIpc) is 3.31. The lowest BCUT2D eigenvalue weighted by molar-refractivity contribution is 0.0704. The average molecular weight is 338 g/mol. The number of carbonyl (C=O) groups is 1. The summed E-state index contributed by atoms with van der Waals surface area (Å²) in [6.07, 6.45) is 4.88. The first kappa shape index (κ1) is 15.5. The number of rotatable bonds is 3. The zero-order valence-electron chi connectivity index (χ0n) is 13.8. The molecule has 1 saturated heterocycles. The van der Waals surface area contributed by atoms with Gasteiger partial charge in [0.25, 0.3) is 5.91 Å². The summed E-state index contributed by atoms with van der Waals surface area (Å²) in [6, 6.07) is 5.59. The molecule has 1 aliphatic rings. The Bertz CT molecular complexity index is 864. The van der Waals surface area contributed by atoms with Crippen molar-refractivity contribution in [2.24, 2.45) is 0 Å². The van der Waals surface area contributed by atoms with Gasteiger partial charge in [0.2, 0.25) is 11.7 Å². The van der Waals surface area contributed by atoms with Gasteiger partial charge in [-0.1, -0.05) is 11.2 Å². The van der Waals surface area contributed by atoms with E-state index in [2.05, 4.69) is 25.3 Å². The quantitative estimate of drug-likeness (QED) is 0.785. The molecule has 0 saturated carbocycles. The molecule has 0 unspecified atom stereocenters. The third-order valence-electron chi connectivity index (χ3n) is 4.53. The summed E-state index contributed by atoms with van der Waals surface area (Å²) in [6.45, 7) is 3.18. The molecule has 8 heteroatoms. The van der Waals surface area contributed by atoms with E-state index in [-0.39, 0.29) is 11.8 Å². The first-order chi connectivity index (χ1) is 12.2. The Hall–Kier alpha value is -3.03. The second kappa shape index (κ2) is 6.46. The lowest BCUT2D eigenvalue weighted by atomic mass is 9.96. The molecular weight excluding hydrogens is 320 g/mol. The maximum absolute atomic E-state index is 12.5. The molecule has 128 valence electrons. The zero-order valence-corrected chi connectivity index (χ0v) is 13.8. The number of aromatic amines is 1. The standard InChI is InChI=1S/C17H18N6O2/c1-11-13(10-19-21-11)17(24)23-8-5-12(6-9-23)16-20-15(22-25-16)14-4-2-3-7-18-14/h2-4,7,10,12H,5-6,8-9H2,1H3,(H,19,21). The van der Waals surface area contributed by atoms with Gasteiger partial charge < -0.3 is 9.42 Å². The predicted octanol–water partition coefficient (Wildman–Crippen LogP) is 2.18. The Labute approximate surface area is 144 Å². The van der Waals surface area contributed by atoms with Crippen LogP contribution in [0, 0.1) is 6.92 Å². The van der Waals surface area contributed by atoms with Crippen molar-refractivity contribution < 1.29 is 9.32 Å². The SMILES string of the molecule is Cc1[nH]ncc1C(=O)N1CCC(c2nc(-c3ccccn3)no2)CC1. The van der Waals surface area contributed by atoms with Crippen molar-refractivity contribution in [3.05, 3.63) is 47.7 Å². The van der Waals surface area contributed by atoms with Gasteiger partial charge in [-0.25, -0.2) is 0 Å². The van der Waals surface area contributed by atoms with Gasteiger partial charge in [-0.15, -0.1) is 0 Å². The van der Waals surface area contributed by atoms with E-state index in [4.69, 9.17) is 4.52 Å². The second-order valence-electron chi connectivity index (χ2n) is 6.15. The Morgan fingerprint density at radius 2 is 2.16 bits per heavy atom. The molecule has 3 aromatic heterocycles. The van der Waals surface area contributed by atoms with E-state index in [0.717, 1.165) is 18.5 Å². The van der Waals surface area contributed by atoms with Crippen LogP contribution in [0.5, 0.6) is 0 Å². The maximum atomic E-state index is 12.5. The minimum Gasteiger partial charge on any atom is -0.339 e. The van der Waals surface area contributed by atoms with Gasteiger partial charge in [0.1, 0.15) is 5.69 Å². The normalized spacial score (nSPS) is 15.5. The Balaban J connectivity index is 1.42. The number of piperidine rings is 1. The van der Waals surface area contributed by atoms with Crippen molar-refractivity contribution in [2.45, 2.75) is 25.7 Å². The minimum atomic E-state index is 0.0180. The number of aryl methyl sites for hydroxylation is 1. The van der Waals surface area contributed by atoms with Gasteiger partial charge in [0.05, 0.1) is 11.8 Å². The van der Waals surface area contributed by atoms with Crippen molar-refractivity contribution in [3.8, 4) is 11.5 Å². The van der Waals surface area contributed by atoms with Crippen LogP contribution in [-0.4, -0.2) is 49.2 Å². The summed E-state index contributed by atoms with van der Waals surface area (Å²) in [5.41, 5.74) is 2.12. The van der Waals surface area contributed by atoms with Crippen LogP contribution in [0.3, 0.4) is 0 Å². The summed E-state index contributed by atoms with van der Waals surface area (Å²) in [7, 11) is 0. The van der Waals surface area contributed by atoms with Gasteiger partial charge in [0, 0.05) is 30.9 Å². The fraction of sp³-hybridized carbons (Fsp3) is 0.353. The largest absolute Gasteiger partial charge is 0.339 e.